The Morgan fingerprint density at radius 1 is 1.21 bits per heavy atom. The minimum Gasteiger partial charge on any atom is -0.467 e. The largest absolute Gasteiger partial charge is 0.467 e. The Kier molecular flexibility index (Phi) is 3.38. The van der Waals surface area contributed by atoms with Crippen molar-refractivity contribution in [3.05, 3.63) is 36.7 Å². The Morgan fingerprint density at radius 2 is 2.04 bits per heavy atom. The van der Waals surface area contributed by atoms with Crippen molar-refractivity contribution >= 4 is 22.3 Å². The van der Waals surface area contributed by atoms with E-state index in [1.165, 1.54) is 18.4 Å². The molecule has 2 saturated heterocycles. The fourth-order valence-electron chi connectivity index (χ4n) is 4.17. The topological polar surface area (TPSA) is 38.5 Å². The van der Waals surface area contributed by atoms with Gasteiger partial charge in [-0.1, -0.05) is 11.3 Å². The van der Waals surface area contributed by atoms with E-state index >= 15 is 0 Å². The quantitative estimate of drug-likeness (QED) is 0.700. The van der Waals surface area contributed by atoms with E-state index in [9.17, 15) is 0 Å². The molecule has 2 fully saturated rings. The number of benzene rings is 1. The number of thiazole rings is 1. The first-order valence-electron chi connectivity index (χ1n) is 8.58. The zero-order valence-corrected chi connectivity index (χ0v) is 14.5. The normalized spacial score (nSPS) is 27.0. The summed E-state index contributed by atoms with van der Waals surface area (Å²) >= 11 is 1.64. The van der Waals surface area contributed by atoms with E-state index in [0.717, 1.165) is 33.9 Å². The van der Waals surface area contributed by atoms with E-state index in [-0.39, 0.29) is 0 Å². The van der Waals surface area contributed by atoms with Gasteiger partial charge in [0.2, 0.25) is 0 Å². The number of fused-ring (bicyclic) bond motifs is 3. The Balaban J connectivity index is 1.34. The number of piperidine rings is 1. The standard InChI is InChI=1S/C19H20N2O2S/c1-21-14-3-4-15(21)10-16(9-14)23-19-20-11-18(24-19)13-2-5-17-12(8-13)6-7-22-17/h2,5-8,11,14-16H,3-4,9-10H2,1H3/t14-,15?,16?/m0/s1. The predicted octanol–water partition coefficient (Wildman–Crippen LogP) is 4.56. The van der Waals surface area contributed by atoms with Crippen LogP contribution in [0.2, 0.25) is 0 Å². The summed E-state index contributed by atoms with van der Waals surface area (Å²) in [4.78, 5) is 8.18. The summed E-state index contributed by atoms with van der Waals surface area (Å²) in [7, 11) is 2.26. The molecule has 4 nitrogen and oxygen atoms in total. The molecule has 2 unspecified atom stereocenters. The van der Waals surface area contributed by atoms with Crippen molar-refractivity contribution < 1.29 is 9.15 Å². The molecule has 4 heterocycles. The summed E-state index contributed by atoms with van der Waals surface area (Å²) in [5.74, 6) is 0. The van der Waals surface area contributed by atoms with Gasteiger partial charge in [0.05, 0.1) is 11.1 Å². The highest BCUT2D eigenvalue weighted by Gasteiger charge is 2.39. The van der Waals surface area contributed by atoms with Crippen LogP contribution in [0.5, 0.6) is 5.19 Å². The van der Waals surface area contributed by atoms with Crippen LogP contribution in [0.15, 0.2) is 41.1 Å². The van der Waals surface area contributed by atoms with Gasteiger partial charge in [-0.3, -0.25) is 0 Å². The first-order chi connectivity index (χ1) is 11.8. The van der Waals surface area contributed by atoms with E-state index in [0.29, 0.717) is 18.2 Å². The molecule has 5 heteroatoms. The van der Waals surface area contributed by atoms with Crippen LogP contribution in [-0.2, 0) is 0 Å². The van der Waals surface area contributed by atoms with Gasteiger partial charge in [0.1, 0.15) is 11.7 Å². The molecule has 2 bridgehead atoms. The molecule has 3 atom stereocenters. The second-order valence-electron chi connectivity index (χ2n) is 6.93. The zero-order valence-electron chi connectivity index (χ0n) is 13.6. The fourth-order valence-corrected chi connectivity index (χ4v) is 4.99. The summed E-state index contributed by atoms with van der Waals surface area (Å²) in [6.45, 7) is 0. The van der Waals surface area contributed by atoms with Crippen LogP contribution in [-0.4, -0.2) is 35.1 Å². The number of furan rings is 1. The van der Waals surface area contributed by atoms with Gasteiger partial charge in [-0.2, -0.15) is 0 Å². The minimum absolute atomic E-state index is 0.314. The molecular weight excluding hydrogens is 320 g/mol. The van der Waals surface area contributed by atoms with Crippen LogP contribution in [0.25, 0.3) is 21.4 Å². The number of hydrogen-bond acceptors (Lipinski definition) is 5. The molecule has 1 aromatic carbocycles. The predicted molar refractivity (Wildman–Crippen MR) is 95.5 cm³/mol. The van der Waals surface area contributed by atoms with Gasteiger partial charge in [-0.25, -0.2) is 4.98 Å². The molecule has 0 saturated carbocycles. The molecular formula is C19H20N2O2S. The van der Waals surface area contributed by atoms with Gasteiger partial charge in [0, 0.05) is 23.7 Å². The van der Waals surface area contributed by atoms with Crippen LogP contribution >= 0.6 is 11.3 Å². The average molecular weight is 340 g/mol. The SMILES string of the molecule is CN1C2CC[C@H]1CC(Oc1ncc(-c3ccc4occc4c3)s1)C2. The second kappa shape index (κ2) is 5.60. The number of rotatable bonds is 3. The molecule has 0 spiro atoms. The highest BCUT2D eigenvalue weighted by Crippen LogP contribution is 2.38. The van der Waals surface area contributed by atoms with E-state index in [1.54, 1.807) is 17.6 Å². The lowest BCUT2D eigenvalue weighted by Gasteiger charge is -2.35. The molecule has 0 amide bonds. The lowest BCUT2D eigenvalue weighted by molar-refractivity contribution is 0.0660. The lowest BCUT2D eigenvalue weighted by Crippen LogP contribution is -2.43. The van der Waals surface area contributed by atoms with E-state index < -0.39 is 0 Å². The Labute approximate surface area is 145 Å². The van der Waals surface area contributed by atoms with Gasteiger partial charge < -0.3 is 14.1 Å². The lowest BCUT2D eigenvalue weighted by atomic mass is 10.0. The summed E-state index contributed by atoms with van der Waals surface area (Å²) in [5.41, 5.74) is 2.08. The number of aromatic nitrogens is 1. The summed E-state index contributed by atoms with van der Waals surface area (Å²) in [6, 6.07) is 9.61. The zero-order chi connectivity index (χ0) is 16.1. The van der Waals surface area contributed by atoms with Crippen molar-refractivity contribution in [1.29, 1.82) is 0 Å². The van der Waals surface area contributed by atoms with Gasteiger partial charge in [-0.15, -0.1) is 0 Å². The maximum Gasteiger partial charge on any atom is 0.273 e. The molecule has 124 valence electrons. The van der Waals surface area contributed by atoms with Crippen molar-refractivity contribution in [3.63, 3.8) is 0 Å². The van der Waals surface area contributed by atoms with Gasteiger partial charge >= 0.3 is 0 Å². The van der Waals surface area contributed by atoms with Crippen LogP contribution in [0.4, 0.5) is 0 Å². The third-order valence-electron chi connectivity index (χ3n) is 5.54. The summed E-state index contributed by atoms with van der Waals surface area (Å²) in [5, 5.41) is 1.92. The van der Waals surface area contributed by atoms with Crippen LogP contribution < -0.4 is 4.74 Å². The number of hydrogen-bond donors (Lipinski definition) is 0. The second-order valence-corrected chi connectivity index (χ2v) is 7.92. The smallest absolute Gasteiger partial charge is 0.273 e. The van der Waals surface area contributed by atoms with Crippen molar-refractivity contribution in [3.8, 4) is 15.6 Å². The molecule has 0 N–H and O–H groups in total. The monoisotopic (exact) mass is 340 g/mol. The molecule has 2 aliphatic rings. The molecule has 3 aromatic rings. The summed E-state index contributed by atoms with van der Waals surface area (Å²) in [6.07, 6.45) is 8.85. The van der Waals surface area contributed by atoms with Crippen LogP contribution in [0.1, 0.15) is 25.7 Å². The maximum absolute atomic E-state index is 6.22. The summed E-state index contributed by atoms with van der Waals surface area (Å²) < 4.78 is 11.6. The van der Waals surface area contributed by atoms with E-state index in [4.69, 9.17) is 9.15 Å². The van der Waals surface area contributed by atoms with Crippen molar-refractivity contribution in [2.45, 2.75) is 43.9 Å². The fraction of sp³-hybridized carbons (Fsp3) is 0.421. The first-order valence-corrected chi connectivity index (χ1v) is 9.40. The molecule has 5 rings (SSSR count). The van der Waals surface area contributed by atoms with E-state index in [1.807, 2.05) is 18.3 Å². The van der Waals surface area contributed by atoms with E-state index in [2.05, 4.69) is 29.1 Å². The Bertz CT molecular complexity index is 857. The highest BCUT2D eigenvalue weighted by atomic mass is 32.1. The van der Waals surface area contributed by atoms with Crippen molar-refractivity contribution in [1.82, 2.24) is 9.88 Å². The number of ether oxygens (including phenoxy) is 1. The molecule has 24 heavy (non-hydrogen) atoms. The van der Waals surface area contributed by atoms with Gasteiger partial charge in [-0.05, 0) is 62.6 Å². The third kappa shape index (κ3) is 2.43. The molecule has 2 aromatic heterocycles. The minimum atomic E-state index is 0.314. The first kappa shape index (κ1) is 14.5. The van der Waals surface area contributed by atoms with Crippen LogP contribution in [0.3, 0.4) is 0 Å². The Morgan fingerprint density at radius 3 is 2.88 bits per heavy atom. The molecule has 2 aliphatic heterocycles. The maximum atomic E-state index is 6.22. The molecule has 0 radical (unpaired) electrons. The van der Waals surface area contributed by atoms with Crippen LogP contribution in [0, 0.1) is 0 Å². The average Bonchev–Trinajstić information content (AvgIpc) is 3.27. The Hall–Kier alpha value is -1.85. The van der Waals surface area contributed by atoms with Gasteiger partial charge in [0.15, 0.2) is 0 Å². The number of nitrogens with zero attached hydrogens (tertiary/aromatic N) is 2. The molecule has 0 aliphatic carbocycles. The van der Waals surface area contributed by atoms with Gasteiger partial charge in [0.25, 0.3) is 5.19 Å². The highest BCUT2D eigenvalue weighted by molar-refractivity contribution is 7.16. The third-order valence-corrected chi connectivity index (χ3v) is 6.48. The van der Waals surface area contributed by atoms with Crippen molar-refractivity contribution in [2.24, 2.45) is 0 Å². The van der Waals surface area contributed by atoms with Crippen molar-refractivity contribution in [2.75, 3.05) is 7.05 Å².